The van der Waals surface area contributed by atoms with Gasteiger partial charge in [0.2, 0.25) is 35.4 Å². The molecule has 0 aliphatic carbocycles. The molecule has 1 aromatic rings. The molecule has 1 aromatic heterocycles. The molecule has 2 rings (SSSR count). The number of aromatic nitrogens is 2. The van der Waals surface area contributed by atoms with Gasteiger partial charge in [0.1, 0.15) is 36.8 Å². The lowest BCUT2D eigenvalue weighted by molar-refractivity contribution is -0.139. The molecule has 2 heterocycles. The first-order valence-corrected chi connectivity index (χ1v) is 22.2. The fourth-order valence-corrected chi connectivity index (χ4v) is 7.22. The largest absolute Gasteiger partial charge is 0.469 e. The van der Waals surface area contributed by atoms with Crippen molar-refractivity contribution in [3.8, 4) is 0 Å². The lowest BCUT2D eigenvalue weighted by Crippen LogP contribution is -2.61. The fourth-order valence-electron chi connectivity index (χ4n) is 6.66. The van der Waals surface area contributed by atoms with E-state index in [2.05, 4.69) is 42.9 Å². The van der Waals surface area contributed by atoms with Crippen molar-refractivity contribution in [3.05, 3.63) is 18.2 Å². The SMILES string of the molecule is CCCCCC/C=N/OCCCCCn1cncc1C[C@H](NC(=O)[C@H](CC(C)C)NC(=O)[C@@H]1CCCN1C(C)=O)C(=O)N[C@@H](CO)C(=O)N[C@H](C(N)=O)[C@@H](C)OP(=O)(O)O. The van der Waals surface area contributed by atoms with E-state index >= 15 is 0 Å². The summed E-state index contributed by atoms with van der Waals surface area (Å²) in [6.45, 7) is 8.65. The number of aliphatic hydroxyl groups is 1. The second-order valence-electron chi connectivity index (χ2n) is 15.4. The highest BCUT2D eigenvalue weighted by atomic mass is 31.2. The first kappa shape index (κ1) is 51.7. The Labute approximate surface area is 351 Å². The molecule has 60 heavy (non-hydrogen) atoms. The Morgan fingerprint density at radius 3 is 2.27 bits per heavy atom. The number of oxime groups is 1. The molecule has 1 fully saturated rings. The molecule has 1 aliphatic heterocycles. The summed E-state index contributed by atoms with van der Waals surface area (Å²) in [5.41, 5.74) is 5.88. The number of unbranched alkanes of at least 4 members (excludes halogenated alkanes) is 6. The van der Waals surface area contributed by atoms with Gasteiger partial charge in [0.15, 0.2) is 0 Å². The second-order valence-corrected chi connectivity index (χ2v) is 16.6. The van der Waals surface area contributed by atoms with Crippen LogP contribution in [0, 0.1) is 5.92 Å². The number of nitrogens with one attached hydrogen (secondary N) is 4. The van der Waals surface area contributed by atoms with E-state index in [0.717, 1.165) is 45.4 Å². The first-order chi connectivity index (χ1) is 28.4. The van der Waals surface area contributed by atoms with Gasteiger partial charge in [-0.1, -0.05) is 45.2 Å². The van der Waals surface area contributed by atoms with Gasteiger partial charge in [-0.15, -0.1) is 0 Å². The molecule has 1 saturated heterocycles. The molecule has 0 unspecified atom stereocenters. The number of phosphoric acid groups is 1. The zero-order chi connectivity index (χ0) is 44.8. The topological polar surface area (TPSA) is 306 Å². The number of hydrogen-bond donors (Lipinski definition) is 8. The van der Waals surface area contributed by atoms with Gasteiger partial charge in [0, 0.05) is 44.5 Å². The van der Waals surface area contributed by atoms with E-state index in [1.54, 1.807) is 12.5 Å². The number of imidazole rings is 1. The van der Waals surface area contributed by atoms with Gasteiger partial charge in [-0.3, -0.25) is 33.3 Å². The number of carbonyl (C=O) groups is 6. The summed E-state index contributed by atoms with van der Waals surface area (Å²) in [6, 6.07) is -6.80. The highest BCUT2D eigenvalue weighted by molar-refractivity contribution is 7.46. The van der Waals surface area contributed by atoms with Crippen LogP contribution in [-0.4, -0.2) is 127 Å². The van der Waals surface area contributed by atoms with E-state index in [4.69, 9.17) is 10.6 Å². The number of hydrogen-bond acceptors (Lipinski definition) is 12. The van der Waals surface area contributed by atoms with Gasteiger partial charge < -0.3 is 56.2 Å². The van der Waals surface area contributed by atoms with Gasteiger partial charge in [0.05, 0.1) is 19.0 Å². The van der Waals surface area contributed by atoms with Crippen LogP contribution in [0.3, 0.4) is 0 Å². The average Bonchev–Trinajstić information content (AvgIpc) is 3.85. The molecule has 340 valence electrons. The van der Waals surface area contributed by atoms with Crippen molar-refractivity contribution in [2.24, 2.45) is 16.8 Å². The van der Waals surface area contributed by atoms with Gasteiger partial charge in [-0.2, -0.15) is 0 Å². The van der Waals surface area contributed by atoms with E-state index in [1.807, 2.05) is 18.4 Å². The summed E-state index contributed by atoms with van der Waals surface area (Å²) in [4.78, 5) is 108. The Hall–Kier alpha value is -4.43. The van der Waals surface area contributed by atoms with Crippen molar-refractivity contribution in [2.75, 3.05) is 19.8 Å². The van der Waals surface area contributed by atoms with Crippen LogP contribution in [0.25, 0.3) is 0 Å². The zero-order valence-electron chi connectivity index (χ0n) is 35.4. The second kappa shape index (κ2) is 26.7. The van der Waals surface area contributed by atoms with Crippen LogP contribution in [0.4, 0.5) is 0 Å². The van der Waals surface area contributed by atoms with Crippen LogP contribution < -0.4 is 27.0 Å². The maximum absolute atomic E-state index is 14.0. The zero-order valence-corrected chi connectivity index (χ0v) is 36.3. The van der Waals surface area contributed by atoms with Crippen molar-refractivity contribution in [3.63, 3.8) is 0 Å². The van der Waals surface area contributed by atoms with Gasteiger partial charge in [-0.05, 0) is 64.2 Å². The number of likely N-dealkylation sites (tertiary alicyclic amines) is 1. The number of primary amides is 1. The number of nitrogens with two attached hydrogens (primary N) is 1. The molecule has 1 aliphatic rings. The maximum Gasteiger partial charge on any atom is 0.469 e. The minimum atomic E-state index is -5.11. The summed E-state index contributed by atoms with van der Waals surface area (Å²) < 4.78 is 17.7. The highest BCUT2D eigenvalue weighted by Crippen LogP contribution is 2.38. The predicted octanol–water partition coefficient (Wildman–Crippen LogP) is 0.540. The van der Waals surface area contributed by atoms with E-state index in [9.17, 15) is 48.2 Å². The van der Waals surface area contributed by atoms with Gasteiger partial charge in [-0.25, -0.2) is 9.55 Å². The number of rotatable bonds is 29. The monoisotopic (exact) mass is 871 g/mol. The van der Waals surface area contributed by atoms with Crippen molar-refractivity contribution >= 4 is 49.5 Å². The molecule has 22 heteroatoms. The number of carbonyl (C=O) groups excluding carboxylic acids is 6. The van der Waals surface area contributed by atoms with E-state index in [1.165, 1.54) is 30.9 Å². The Morgan fingerprint density at radius 2 is 1.63 bits per heavy atom. The summed E-state index contributed by atoms with van der Waals surface area (Å²) >= 11 is 0. The van der Waals surface area contributed by atoms with E-state index in [0.29, 0.717) is 38.2 Å². The van der Waals surface area contributed by atoms with Crippen molar-refractivity contribution in [1.29, 1.82) is 0 Å². The van der Waals surface area contributed by atoms with E-state index < -0.39 is 80.3 Å². The molecular weight excluding hydrogens is 805 g/mol. The normalized spacial score (nSPS) is 16.8. The maximum atomic E-state index is 14.0. The van der Waals surface area contributed by atoms with Gasteiger partial charge in [0.25, 0.3) is 0 Å². The van der Waals surface area contributed by atoms with Crippen molar-refractivity contribution in [2.45, 2.75) is 155 Å². The summed E-state index contributed by atoms with van der Waals surface area (Å²) in [7, 11) is -5.11. The minimum absolute atomic E-state index is 0.0902. The molecular formula is C38H66N9O12P. The molecule has 6 atom stereocenters. The third-order valence-electron chi connectivity index (χ3n) is 9.81. The third kappa shape index (κ3) is 18.9. The molecule has 9 N–H and O–H groups in total. The molecule has 6 amide bonds. The smallest absolute Gasteiger partial charge is 0.396 e. The standard InChI is InChI=1S/C38H66N9O12P/c1-6-7-8-9-11-16-41-58-19-13-10-12-17-46-24-40-22-28(46)21-30(36(52)44-31(23-48)37(53)45-33(34(39)50)26(4)59-60(55,56)57)42-35(51)29(20-25(2)3)43-38(54)32-15-14-18-47(32)27(5)49/h16,22,24-26,29-33,48H,6-15,17-21,23H2,1-5H3,(H2,39,50)(H,42,51)(H,43,54)(H,44,52)(H,45,53)(H2,55,56,57)/b41-16+/t26-,29+,30+,31+,32+,33+/m1/s1. The Kier molecular flexibility index (Phi) is 23.0. The summed E-state index contributed by atoms with van der Waals surface area (Å²) in [5, 5.41) is 24.1. The quantitative estimate of drug-likeness (QED) is 0.0236. The minimum Gasteiger partial charge on any atom is -0.396 e. The summed E-state index contributed by atoms with van der Waals surface area (Å²) in [5.74, 6) is -4.90. The molecule has 0 bridgehead atoms. The van der Waals surface area contributed by atoms with Crippen LogP contribution >= 0.6 is 7.82 Å². The highest BCUT2D eigenvalue weighted by Gasteiger charge is 2.37. The first-order valence-electron chi connectivity index (χ1n) is 20.6. The molecule has 0 saturated carbocycles. The Bertz CT molecular complexity index is 1620. The summed E-state index contributed by atoms with van der Waals surface area (Å²) in [6.07, 6.45) is 12.1. The van der Waals surface area contributed by atoms with Gasteiger partial charge >= 0.3 is 7.82 Å². The van der Waals surface area contributed by atoms with Crippen LogP contribution in [0.15, 0.2) is 17.7 Å². The molecule has 0 radical (unpaired) electrons. The van der Waals surface area contributed by atoms with E-state index in [-0.39, 0.29) is 24.7 Å². The Balaban J connectivity index is 2.26. The molecule has 21 nitrogen and oxygen atoms in total. The van der Waals surface area contributed by atoms with Crippen LogP contribution in [-0.2, 0) is 55.7 Å². The fraction of sp³-hybridized carbons (Fsp3) is 0.737. The lowest BCUT2D eigenvalue weighted by Gasteiger charge is -2.28. The predicted molar refractivity (Wildman–Crippen MR) is 219 cm³/mol. The number of aryl methyl sites for hydroxylation is 1. The lowest BCUT2D eigenvalue weighted by atomic mass is 10.0. The van der Waals surface area contributed by atoms with Crippen molar-refractivity contribution < 1.29 is 57.6 Å². The third-order valence-corrected chi connectivity index (χ3v) is 10.4. The number of nitrogens with zero attached hydrogens (tertiary/aromatic N) is 4. The molecule has 0 aromatic carbocycles. The number of phosphoric ester groups is 1. The molecule has 0 spiro atoms. The Morgan fingerprint density at radius 1 is 0.967 bits per heavy atom. The number of amides is 6. The average molecular weight is 872 g/mol. The van der Waals surface area contributed by atoms with Crippen LogP contribution in [0.1, 0.15) is 111 Å². The number of aliphatic hydroxyl groups excluding tert-OH is 1. The van der Waals surface area contributed by atoms with Crippen LogP contribution in [0.2, 0.25) is 0 Å². The van der Waals surface area contributed by atoms with Crippen LogP contribution in [0.5, 0.6) is 0 Å². The van der Waals surface area contributed by atoms with Crippen molar-refractivity contribution in [1.82, 2.24) is 35.7 Å².